The lowest BCUT2D eigenvalue weighted by Gasteiger charge is -2.42. The molecule has 90 valence electrons. The Labute approximate surface area is 97.0 Å². The van der Waals surface area contributed by atoms with Crippen LogP contribution in [0.5, 0.6) is 0 Å². The third-order valence-corrected chi connectivity index (χ3v) is 3.46. The standard InChI is InChI=1S/C12H21N3O/c1-10(12-4-3-7-16-12)15-6-5-14(2)9-11(15)8-13/h3-4,7,10-11H,5-6,8-9,13H2,1-2H3. The minimum atomic E-state index is 0.317. The predicted octanol–water partition coefficient (Wildman–Crippen LogP) is 0.915. The van der Waals surface area contributed by atoms with Crippen LogP contribution < -0.4 is 5.73 Å². The van der Waals surface area contributed by atoms with E-state index in [1.165, 1.54) is 0 Å². The van der Waals surface area contributed by atoms with Crippen LogP contribution in [0.25, 0.3) is 0 Å². The summed E-state index contributed by atoms with van der Waals surface area (Å²) in [7, 11) is 2.15. The average Bonchev–Trinajstić information content (AvgIpc) is 2.81. The van der Waals surface area contributed by atoms with Crippen LogP contribution in [0, 0.1) is 0 Å². The summed E-state index contributed by atoms with van der Waals surface area (Å²) >= 11 is 0. The Hall–Kier alpha value is -0.840. The van der Waals surface area contributed by atoms with Gasteiger partial charge in [0.05, 0.1) is 12.3 Å². The maximum atomic E-state index is 5.85. The van der Waals surface area contributed by atoms with Crippen molar-refractivity contribution < 1.29 is 4.42 Å². The molecule has 2 unspecified atom stereocenters. The van der Waals surface area contributed by atoms with Crippen LogP contribution in [0.2, 0.25) is 0 Å². The Kier molecular flexibility index (Phi) is 3.63. The average molecular weight is 223 g/mol. The minimum absolute atomic E-state index is 0.317. The maximum absolute atomic E-state index is 5.85. The van der Waals surface area contributed by atoms with Crippen LogP contribution in [0.3, 0.4) is 0 Å². The van der Waals surface area contributed by atoms with Crippen molar-refractivity contribution >= 4 is 0 Å². The van der Waals surface area contributed by atoms with Gasteiger partial charge < -0.3 is 15.1 Å². The number of hydrogen-bond acceptors (Lipinski definition) is 4. The second-order valence-corrected chi connectivity index (χ2v) is 4.58. The second-order valence-electron chi connectivity index (χ2n) is 4.58. The summed E-state index contributed by atoms with van der Waals surface area (Å²) in [6.07, 6.45) is 1.74. The zero-order chi connectivity index (χ0) is 11.5. The van der Waals surface area contributed by atoms with E-state index in [1.54, 1.807) is 6.26 Å². The molecule has 0 saturated carbocycles. The molecular formula is C12H21N3O. The van der Waals surface area contributed by atoms with Gasteiger partial charge in [0, 0.05) is 32.2 Å². The zero-order valence-electron chi connectivity index (χ0n) is 10.1. The molecule has 2 heterocycles. The second kappa shape index (κ2) is 4.99. The fourth-order valence-electron chi connectivity index (χ4n) is 2.44. The van der Waals surface area contributed by atoms with E-state index in [2.05, 4.69) is 23.8 Å². The third-order valence-electron chi connectivity index (χ3n) is 3.46. The first-order valence-electron chi connectivity index (χ1n) is 5.90. The molecular weight excluding hydrogens is 202 g/mol. The first-order valence-corrected chi connectivity index (χ1v) is 5.90. The van der Waals surface area contributed by atoms with Crippen LogP contribution in [-0.4, -0.2) is 49.1 Å². The van der Waals surface area contributed by atoms with Crippen molar-refractivity contribution in [3.8, 4) is 0 Å². The van der Waals surface area contributed by atoms with E-state index in [-0.39, 0.29) is 0 Å². The lowest BCUT2D eigenvalue weighted by molar-refractivity contribution is 0.0542. The van der Waals surface area contributed by atoms with Crippen LogP contribution in [-0.2, 0) is 0 Å². The Morgan fingerprint density at radius 1 is 1.56 bits per heavy atom. The van der Waals surface area contributed by atoms with Crippen molar-refractivity contribution in [2.45, 2.75) is 19.0 Å². The van der Waals surface area contributed by atoms with Crippen LogP contribution >= 0.6 is 0 Å². The fourth-order valence-corrected chi connectivity index (χ4v) is 2.44. The molecule has 4 nitrogen and oxygen atoms in total. The van der Waals surface area contributed by atoms with E-state index in [1.807, 2.05) is 12.1 Å². The summed E-state index contributed by atoms with van der Waals surface area (Å²) in [4.78, 5) is 4.78. The molecule has 0 amide bonds. The SMILES string of the molecule is CC(c1ccco1)N1CCN(C)CC1CN. The lowest BCUT2D eigenvalue weighted by Crippen LogP contribution is -2.55. The van der Waals surface area contributed by atoms with Crippen molar-refractivity contribution in [1.82, 2.24) is 9.80 Å². The van der Waals surface area contributed by atoms with Crippen molar-refractivity contribution in [1.29, 1.82) is 0 Å². The summed E-state index contributed by atoms with van der Waals surface area (Å²) < 4.78 is 5.47. The molecule has 1 saturated heterocycles. The number of hydrogen-bond donors (Lipinski definition) is 1. The number of nitrogens with zero attached hydrogens (tertiary/aromatic N) is 2. The number of nitrogens with two attached hydrogens (primary N) is 1. The molecule has 16 heavy (non-hydrogen) atoms. The molecule has 1 aliphatic heterocycles. The molecule has 0 radical (unpaired) electrons. The van der Waals surface area contributed by atoms with Crippen molar-refractivity contribution in [2.75, 3.05) is 33.2 Å². The normalized spacial score (nSPS) is 25.8. The smallest absolute Gasteiger partial charge is 0.120 e. The van der Waals surface area contributed by atoms with E-state index in [9.17, 15) is 0 Å². The van der Waals surface area contributed by atoms with Gasteiger partial charge in [-0.15, -0.1) is 0 Å². The molecule has 0 aliphatic carbocycles. The molecule has 1 aromatic rings. The van der Waals surface area contributed by atoms with Gasteiger partial charge in [0.25, 0.3) is 0 Å². The van der Waals surface area contributed by atoms with Crippen molar-refractivity contribution in [3.05, 3.63) is 24.2 Å². The van der Waals surface area contributed by atoms with Gasteiger partial charge in [-0.05, 0) is 26.1 Å². The molecule has 1 aromatic heterocycles. The van der Waals surface area contributed by atoms with Gasteiger partial charge in [0.1, 0.15) is 5.76 Å². The summed E-state index contributed by atoms with van der Waals surface area (Å²) in [5.74, 6) is 1.03. The van der Waals surface area contributed by atoms with E-state index in [0.717, 1.165) is 25.4 Å². The highest BCUT2D eigenvalue weighted by atomic mass is 16.3. The summed E-state index contributed by atoms with van der Waals surface area (Å²) in [5, 5.41) is 0. The molecule has 0 aromatic carbocycles. The van der Waals surface area contributed by atoms with Crippen molar-refractivity contribution in [3.63, 3.8) is 0 Å². The molecule has 1 aliphatic rings. The van der Waals surface area contributed by atoms with E-state index < -0.39 is 0 Å². The van der Waals surface area contributed by atoms with Gasteiger partial charge in [-0.2, -0.15) is 0 Å². The Balaban J connectivity index is 2.07. The lowest BCUT2D eigenvalue weighted by atomic mass is 10.1. The number of likely N-dealkylation sites (N-methyl/N-ethyl adjacent to an activating group) is 1. The monoisotopic (exact) mass is 223 g/mol. The molecule has 1 fully saturated rings. The van der Waals surface area contributed by atoms with Crippen LogP contribution in [0.15, 0.2) is 22.8 Å². The summed E-state index contributed by atoms with van der Waals surface area (Å²) in [6, 6.07) is 4.73. The Bertz CT molecular complexity index is 312. The summed E-state index contributed by atoms with van der Waals surface area (Å²) in [6.45, 7) is 6.09. The van der Waals surface area contributed by atoms with Crippen molar-refractivity contribution in [2.24, 2.45) is 5.73 Å². The van der Waals surface area contributed by atoms with Gasteiger partial charge in [-0.1, -0.05) is 0 Å². The Morgan fingerprint density at radius 3 is 3.00 bits per heavy atom. The highest BCUT2D eigenvalue weighted by molar-refractivity contribution is 5.05. The summed E-state index contributed by atoms with van der Waals surface area (Å²) in [5.41, 5.74) is 5.85. The molecule has 0 spiro atoms. The molecule has 2 rings (SSSR count). The largest absolute Gasteiger partial charge is 0.468 e. The van der Waals surface area contributed by atoms with Crippen LogP contribution in [0.1, 0.15) is 18.7 Å². The zero-order valence-corrected chi connectivity index (χ0v) is 10.1. The van der Waals surface area contributed by atoms with Gasteiger partial charge in [-0.25, -0.2) is 0 Å². The van der Waals surface area contributed by atoms with Gasteiger partial charge in [-0.3, -0.25) is 4.90 Å². The highest BCUT2D eigenvalue weighted by Gasteiger charge is 2.29. The van der Waals surface area contributed by atoms with E-state index in [0.29, 0.717) is 18.6 Å². The van der Waals surface area contributed by atoms with E-state index in [4.69, 9.17) is 10.2 Å². The molecule has 2 atom stereocenters. The first kappa shape index (κ1) is 11.6. The van der Waals surface area contributed by atoms with Gasteiger partial charge >= 0.3 is 0 Å². The van der Waals surface area contributed by atoms with Crippen LogP contribution in [0.4, 0.5) is 0 Å². The maximum Gasteiger partial charge on any atom is 0.120 e. The molecule has 4 heteroatoms. The Morgan fingerprint density at radius 2 is 2.38 bits per heavy atom. The quantitative estimate of drug-likeness (QED) is 0.827. The van der Waals surface area contributed by atoms with Gasteiger partial charge in [0.2, 0.25) is 0 Å². The van der Waals surface area contributed by atoms with Gasteiger partial charge in [0.15, 0.2) is 0 Å². The number of furan rings is 1. The minimum Gasteiger partial charge on any atom is -0.468 e. The topological polar surface area (TPSA) is 45.6 Å². The van der Waals surface area contributed by atoms with E-state index >= 15 is 0 Å². The predicted molar refractivity (Wildman–Crippen MR) is 64.2 cm³/mol. The highest BCUT2D eigenvalue weighted by Crippen LogP contribution is 2.24. The molecule has 2 N–H and O–H groups in total. The fraction of sp³-hybridized carbons (Fsp3) is 0.667. The number of rotatable bonds is 3. The number of piperazine rings is 1. The third kappa shape index (κ3) is 2.29. The molecule has 0 bridgehead atoms. The first-order chi connectivity index (χ1) is 7.72.